The van der Waals surface area contributed by atoms with Crippen LogP contribution in [0.5, 0.6) is 0 Å². The van der Waals surface area contributed by atoms with Crippen molar-refractivity contribution in [1.29, 1.82) is 0 Å². The molecule has 0 unspecified atom stereocenters. The zero-order chi connectivity index (χ0) is 14.3. The summed E-state index contributed by atoms with van der Waals surface area (Å²) in [5, 5.41) is 0. The van der Waals surface area contributed by atoms with Crippen LogP contribution in [0, 0.1) is 0 Å². The summed E-state index contributed by atoms with van der Waals surface area (Å²) in [6.45, 7) is 0. The van der Waals surface area contributed by atoms with E-state index in [0.29, 0.717) is 22.9 Å². The fourth-order valence-corrected chi connectivity index (χ4v) is 2.56. The third-order valence-corrected chi connectivity index (χ3v) is 4.02. The summed E-state index contributed by atoms with van der Waals surface area (Å²) in [7, 11) is -5.64. The molecule has 19 heavy (non-hydrogen) atoms. The van der Waals surface area contributed by atoms with Crippen LogP contribution in [0.4, 0.5) is 13.2 Å². The van der Waals surface area contributed by atoms with Gasteiger partial charge in [0.05, 0.1) is 0 Å². The molecule has 0 amide bonds. The van der Waals surface area contributed by atoms with Crippen molar-refractivity contribution in [2.45, 2.75) is 18.3 Å². The number of alkyl halides is 3. The van der Waals surface area contributed by atoms with E-state index in [9.17, 15) is 21.6 Å². The van der Waals surface area contributed by atoms with Crippen molar-refractivity contribution in [2.24, 2.45) is 0 Å². The van der Waals surface area contributed by atoms with Gasteiger partial charge in [-0.2, -0.15) is 21.6 Å². The van der Waals surface area contributed by atoms with Crippen molar-refractivity contribution in [2.75, 3.05) is 0 Å². The summed E-state index contributed by atoms with van der Waals surface area (Å²) in [5.41, 5.74) is -4.33. The molecule has 0 N–H and O–H groups in total. The minimum Gasteiger partial charge on any atom is -0.376 e. The smallest absolute Gasteiger partial charge is 0.376 e. The van der Waals surface area contributed by atoms with Crippen LogP contribution >= 0.6 is 15.9 Å². The molecular weight excluding hydrogens is 349 g/mol. The largest absolute Gasteiger partial charge is 0.534 e. The van der Waals surface area contributed by atoms with Gasteiger partial charge >= 0.3 is 15.6 Å². The molecule has 0 aromatic heterocycles. The second-order valence-electron chi connectivity index (χ2n) is 3.89. The summed E-state index contributed by atoms with van der Waals surface area (Å²) >= 11 is 3.18. The van der Waals surface area contributed by atoms with E-state index in [-0.39, 0.29) is 5.76 Å². The third kappa shape index (κ3) is 2.94. The van der Waals surface area contributed by atoms with E-state index in [1.54, 1.807) is 12.1 Å². The number of hydrogen-bond acceptors (Lipinski definition) is 3. The van der Waals surface area contributed by atoms with Gasteiger partial charge in [-0.3, -0.25) is 0 Å². The lowest BCUT2D eigenvalue weighted by Crippen LogP contribution is -2.25. The summed E-state index contributed by atoms with van der Waals surface area (Å²) in [5.74, 6) is -0.278. The van der Waals surface area contributed by atoms with Crippen LogP contribution in [0.15, 0.2) is 28.7 Å². The van der Waals surface area contributed by atoms with Gasteiger partial charge in [-0.05, 0) is 36.6 Å². The predicted molar refractivity (Wildman–Crippen MR) is 66.5 cm³/mol. The monoisotopic (exact) mass is 356 g/mol. The highest BCUT2D eigenvalue weighted by molar-refractivity contribution is 9.10. The Morgan fingerprint density at radius 3 is 2.58 bits per heavy atom. The van der Waals surface area contributed by atoms with Gasteiger partial charge in [0, 0.05) is 10.0 Å². The van der Waals surface area contributed by atoms with E-state index >= 15 is 0 Å². The van der Waals surface area contributed by atoms with Crippen molar-refractivity contribution in [3.05, 3.63) is 39.9 Å². The normalized spacial score (nSPS) is 15.7. The average molecular weight is 357 g/mol. The van der Waals surface area contributed by atoms with Gasteiger partial charge in [-0.1, -0.05) is 22.0 Å². The molecule has 0 fully saturated rings. The Morgan fingerprint density at radius 2 is 1.95 bits per heavy atom. The maximum Gasteiger partial charge on any atom is 0.534 e. The number of allylic oxidation sites excluding steroid dienone is 1. The molecule has 3 nitrogen and oxygen atoms in total. The number of aryl methyl sites for hydroxylation is 1. The second kappa shape index (κ2) is 4.82. The molecule has 0 spiro atoms. The third-order valence-electron chi connectivity index (χ3n) is 2.56. The zero-order valence-corrected chi connectivity index (χ0v) is 11.8. The van der Waals surface area contributed by atoms with Crippen LogP contribution in [0.1, 0.15) is 17.5 Å². The predicted octanol–water partition coefficient (Wildman–Crippen LogP) is 3.60. The SMILES string of the molecule is O=S(=O)(OC1=CCCc2ccc(Br)cc21)C(F)(F)F. The summed E-state index contributed by atoms with van der Waals surface area (Å²) in [4.78, 5) is 0. The summed E-state index contributed by atoms with van der Waals surface area (Å²) in [6.07, 6.45) is 2.40. The van der Waals surface area contributed by atoms with Crippen molar-refractivity contribution < 1.29 is 25.8 Å². The van der Waals surface area contributed by atoms with Crippen LogP contribution in [0.2, 0.25) is 0 Å². The first-order valence-electron chi connectivity index (χ1n) is 5.20. The van der Waals surface area contributed by atoms with Crippen molar-refractivity contribution in [3.63, 3.8) is 0 Å². The van der Waals surface area contributed by atoms with Crippen molar-refractivity contribution >= 4 is 31.8 Å². The quantitative estimate of drug-likeness (QED) is 0.600. The number of hydrogen-bond donors (Lipinski definition) is 0. The topological polar surface area (TPSA) is 43.4 Å². The fraction of sp³-hybridized carbons (Fsp3) is 0.273. The molecule has 0 aliphatic heterocycles. The van der Waals surface area contributed by atoms with E-state index in [4.69, 9.17) is 0 Å². The van der Waals surface area contributed by atoms with Gasteiger partial charge in [0.2, 0.25) is 0 Å². The molecule has 1 aliphatic carbocycles. The molecule has 0 atom stereocenters. The van der Waals surface area contributed by atoms with Gasteiger partial charge < -0.3 is 4.18 Å². The maximum atomic E-state index is 12.3. The molecule has 0 saturated heterocycles. The van der Waals surface area contributed by atoms with Crippen LogP contribution < -0.4 is 0 Å². The van der Waals surface area contributed by atoms with Crippen molar-refractivity contribution in [3.8, 4) is 0 Å². The Bertz CT molecular complexity index is 635. The first-order valence-corrected chi connectivity index (χ1v) is 7.40. The van der Waals surface area contributed by atoms with Crippen LogP contribution in [0.3, 0.4) is 0 Å². The van der Waals surface area contributed by atoms with Gasteiger partial charge in [0.1, 0.15) is 5.76 Å². The van der Waals surface area contributed by atoms with E-state index in [2.05, 4.69) is 20.1 Å². The molecule has 1 aromatic carbocycles. The Morgan fingerprint density at radius 1 is 1.26 bits per heavy atom. The Kier molecular flexibility index (Phi) is 3.65. The first kappa shape index (κ1) is 14.4. The van der Waals surface area contributed by atoms with Crippen LogP contribution in [-0.2, 0) is 20.7 Å². The lowest BCUT2D eigenvalue weighted by atomic mass is 9.96. The highest BCUT2D eigenvalue weighted by atomic mass is 79.9. The number of rotatable bonds is 2. The van der Waals surface area contributed by atoms with Gasteiger partial charge in [0.25, 0.3) is 0 Å². The van der Waals surface area contributed by atoms with Gasteiger partial charge in [0.15, 0.2) is 0 Å². The van der Waals surface area contributed by atoms with Gasteiger partial charge in [-0.15, -0.1) is 0 Å². The van der Waals surface area contributed by atoms with Crippen molar-refractivity contribution in [1.82, 2.24) is 0 Å². The van der Waals surface area contributed by atoms with E-state index in [0.717, 1.165) is 5.56 Å². The number of fused-ring (bicyclic) bond motifs is 1. The molecule has 0 saturated carbocycles. The molecule has 2 rings (SSSR count). The highest BCUT2D eigenvalue weighted by Gasteiger charge is 2.49. The Hall–Kier alpha value is -1.02. The average Bonchev–Trinajstić information content (AvgIpc) is 2.28. The molecule has 0 heterocycles. The minimum absolute atomic E-state index is 0.278. The molecule has 104 valence electrons. The highest BCUT2D eigenvalue weighted by Crippen LogP contribution is 2.34. The summed E-state index contributed by atoms with van der Waals surface area (Å²) < 4.78 is 63.8. The van der Waals surface area contributed by atoms with Crippen LogP contribution in [0.25, 0.3) is 5.76 Å². The molecule has 0 radical (unpaired) electrons. The first-order chi connectivity index (χ1) is 8.71. The number of halogens is 4. The lowest BCUT2D eigenvalue weighted by molar-refractivity contribution is -0.0509. The minimum atomic E-state index is -5.64. The molecule has 8 heteroatoms. The number of benzene rings is 1. The second-order valence-corrected chi connectivity index (χ2v) is 6.35. The van der Waals surface area contributed by atoms with E-state index in [1.165, 1.54) is 12.1 Å². The molecule has 1 aromatic rings. The standard InChI is InChI=1S/C11H8BrF3O3S/c12-8-5-4-7-2-1-3-10(9(7)6-8)18-19(16,17)11(13,14)15/h3-6H,1-2H2. The van der Waals surface area contributed by atoms with Crippen LogP contribution in [-0.4, -0.2) is 13.9 Å². The Labute approximate surface area is 116 Å². The molecule has 0 bridgehead atoms. The Balaban J connectivity index is 2.39. The van der Waals surface area contributed by atoms with E-state index < -0.39 is 15.6 Å². The molecule has 1 aliphatic rings. The summed E-state index contributed by atoms with van der Waals surface area (Å²) in [6, 6.07) is 4.99. The zero-order valence-electron chi connectivity index (χ0n) is 9.37. The molecular formula is C11H8BrF3O3S. The van der Waals surface area contributed by atoms with Gasteiger partial charge in [-0.25, -0.2) is 0 Å². The maximum absolute atomic E-state index is 12.3. The lowest BCUT2D eigenvalue weighted by Gasteiger charge is -2.18. The van der Waals surface area contributed by atoms with E-state index in [1.807, 2.05) is 0 Å². The fourth-order valence-electron chi connectivity index (χ4n) is 1.71.